The lowest BCUT2D eigenvalue weighted by molar-refractivity contribution is 0.122. The summed E-state index contributed by atoms with van der Waals surface area (Å²) in [5.41, 5.74) is 4.83. The van der Waals surface area contributed by atoms with Crippen LogP contribution in [0.25, 0.3) is 0 Å². The van der Waals surface area contributed by atoms with E-state index >= 15 is 0 Å². The van der Waals surface area contributed by atoms with Crippen LogP contribution in [0.15, 0.2) is 47.6 Å². The van der Waals surface area contributed by atoms with Gasteiger partial charge in [-0.15, -0.1) is 0 Å². The lowest BCUT2D eigenvalue weighted by atomic mass is 10.2. The van der Waals surface area contributed by atoms with Crippen LogP contribution in [0.3, 0.4) is 0 Å². The van der Waals surface area contributed by atoms with Crippen LogP contribution >= 0.6 is 11.6 Å². The molecule has 3 heterocycles. The standard InChI is InChI=1S/C26H30ClN7O3/c1-35-22-9-6-20(16-23(22)37-18-19-4-7-21(27)8-5-19)17-28-32-24-29-25(33-10-2-3-11-33)31-26(30-24)34-12-14-36-15-13-34/h4-9,16-17H,2-3,10-15,18H2,1H3,(H,29,30,31,32)/b28-17-. The third kappa shape index (κ3) is 6.58. The van der Waals surface area contributed by atoms with E-state index in [2.05, 4.69) is 30.3 Å². The summed E-state index contributed by atoms with van der Waals surface area (Å²) in [6, 6.07) is 13.2. The van der Waals surface area contributed by atoms with E-state index in [0.717, 1.165) is 50.1 Å². The minimum absolute atomic E-state index is 0.390. The fraction of sp³-hybridized carbons (Fsp3) is 0.385. The topological polar surface area (TPSA) is 97.2 Å². The fourth-order valence-corrected chi connectivity index (χ4v) is 4.29. The number of ether oxygens (including phenoxy) is 3. The lowest BCUT2D eigenvalue weighted by Gasteiger charge is -2.27. The van der Waals surface area contributed by atoms with Crippen molar-refractivity contribution >= 4 is 35.7 Å². The molecule has 0 unspecified atom stereocenters. The Hall–Kier alpha value is -3.63. The van der Waals surface area contributed by atoms with Crippen molar-refractivity contribution in [3.8, 4) is 11.5 Å². The van der Waals surface area contributed by atoms with E-state index in [1.165, 1.54) is 0 Å². The van der Waals surface area contributed by atoms with E-state index in [1.807, 2.05) is 42.5 Å². The number of anilines is 3. The first-order valence-corrected chi connectivity index (χ1v) is 12.7. The number of halogens is 1. The first-order valence-electron chi connectivity index (χ1n) is 12.4. The molecule has 0 atom stereocenters. The Morgan fingerprint density at radius 3 is 2.35 bits per heavy atom. The SMILES string of the molecule is COc1ccc(/C=N\Nc2nc(N3CCCC3)nc(N3CCOCC3)n2)cc1OCc1ccc(Cl)cc1. The molecule has 1 aromatic heterocycles. The van der Waals surface area contributed by atoms with Crippen LogP contribution in [-0.4, -0.2) is 67.7 Å². The number of benzene rings is 2. The minimum Gasteiger partial charge on any atom is -0.493 e. The van der Waals surface area contributed by atoms with E-state index in [1.54, 1.807) is 13.3 Å². The molecule has 3 aromatic rings. The molecule has 0 bridgehead atoms. The second-order valence-corrected chi connectivity index (χ2v) is 9.18. The summed E-state index contributed by atoms with van der Waals surface area (Å²) in [5.74, 6) is 2.98. The maximum absolute atomic E-state index is 6.01. The van der Waals surface area contributed by atoms with Gasteiger partial charge in [0.05, 0.1) is 26.5 Å². The van der Waals surface area contributed by atoms with Gasteiger partial charge in [0, 0.05) is 31.2 Å². The van der Waals surface area contributed by atoms with Crippen molar-refractivity contribution in [2.24, 2.45) is 5.10 Å². The summed E-state index contributed by atoms with van der Waals surface area (Å²) in [7, 11) is 1.62. The molecule has 2 saturated heterocycles. The average Bonchev–Trinajstić information content (AvgIpc) is 3.49. The van der Waals surface area contributed by atoms with Crippen molar-refractivity contribution in [2.45, 2.75) is 19.4 Å². The zero-order chi connectivity index (χ0) is 25.5. The number of hydrogen-bond acceptors (Lipinski definition) is 10. The molecule has 10 nitrogen and oxygen atoms in total. The highest BCUT2D eigenvalue weighted by molar-refractivity contribution is 6.30. The van der Waals surface area contributed by atoms with Crippen molar-refractivity contribution in [2.75, 3.05) is 61.7 Å². The number of rotatable bonds is 9. The predicted octanol–water partition coefficient (Wildman–Crippen LogP) is 4.00. The summed E-state index contributed by atoms with van der Waals surface area (Å²) < 4.78 is 17.0. The molecular weight excluding hydrogens is 494 g/mol. The van der Waals surface area contributed by atoms with Crippen LogP contribution in [-0.2, 0) is 11.3 Å². The van der Waals surface area contributed by atoms with E-state index in [0.29, 0.717) is 54.2 Å². The first-order chi connectivity index (χ1) is 18.2. The van der Waals surface area contributed by atoms with Gasteiger partial charge < -0.3 is 24.0 Å². The predicted molar refractivity (Wildman–Crippen MR) is 144 cm³/mol. The number of nitrogens with one attached hydrogen (secondary N) is 1. The third-order valence-electron chi connectivity index (χ3n) is 6.17. The fourth-order valence-electron chi connectivity index (χ4n) is 4.16. The van der Waals surface area contributed by atoms with Crippen LogP contribution in [0.4, 0.5) is 17.8 Å². The number of aromatic nitrogens is 3. The van der Waals surface area contributed by atoms with Crippen LogP contribution in [0.2, 0.25) is 5.02 Å². The summed E-state index contributed by atoms with van der Waals surface area (Å²) in [6.45, 7) is 5.09. The number of hydrogen-bond donors (Lipinski definition) is 1. The van der Waals surface area contributed by atoms with Gasteiger partial charge in [-0.05, 0) is 54.3 Å². The summed E-state index contributed by atoms with van der Waals surface area (Å²) in [6.07, 6.45) is 3.97. The maximum Gasteiger partial charge on any atom is 0.250 e. The van der Waals surface area contributed by atoms with Crippen LogP contribution in [0.5, 0.6) is 11.5 Å². The third-order valence-corrected chi connectivity index (χ3v) is 6.42. The van der Waals surface area contributed by atoms with Gasteiger partial charge in [0.2, 0.25) is 17.8 Å². The zero-order valence-electron chi connectivity index (χ0n) is 20.8. The van der Waals surface area contributed by atoms with Gasteiger partial charge in [-0.1, -0.05) is 23.7 Å². The van der Waals surface area contributed by atoms with E-state index in [-0.39, 0.29) is 0 Å². The van der Waals surface area contributed by atoms with Gasteiger partial charge in [-0.25, -0.2) is 5.43 Å². The highest BCUT2D eigenvalue weighted by atomic mass is 35.5. The molecule has 1 N–H and O–H groups in total. The monoisotopic (exact) mass is 523 g/mol. The van der Waals surface area contributed by atoms with Crippen molar-refractivity contribution in [1.29, 1.82) is 0 Å². The Balaban J connectivity index is 1.30. The average molecular weight is 524 g/mol. The molecule has 0 aliphatic carbocycles. The summed E-state index contributed by atoms with van der Waals surface area (Å²) in [4.78, 5) is 18.3. The normalized spacial score (nSPS) is 15.8. The highest BCUT2D eigenvalue weighted by Crippen LogP contribution is 2.29. The Morgan fingerprint density at radius 2 is 1.65 bits per heavy atom. The van der Waals surface area contributed by atoms with Crippen molar-refractivity contribution < 1.29 is 14.2 Å². The molecule has 194 valence electrons. The molecule has 2 fully saturated rings. The van der Waals surface area contributed by atoms with Crippen molar-refractivity contribution in [1.82, 2.24) is 15.0 Å². The number of methoxy groups -OCH3 is 1. The van der Waals surface area contributed by atoms with Gasteiger partial charge in [0.1, 0.15) is 6.61 Å². The largest absolute Gasteiger partial charge is 0.493 e. The van der Waals surface area contributed by atoms with Crippen LogP contribution in [0.1, 0.15) is 24.0 Å². The maximum atomic E-state index is 6.01. The molecule has 0 amide bonds. The molecule has 0 saturated carbocycles. The Kier molecular flexibility index (Phi) is 8.17. The minimum atomic E-state index is 0.390. The molecule has 2 aromatic carbocycles. The highest BCUT2D eigenvalue weighted by Gasteiger charge is 2.21. The summed E-state index contributed by atoms with van der Waals surface area (Å²) in [5, 5.41) is 5.08. The number of hydrazone groups is 1. The van der Waals surface area contributed by atoms with Gasteiger partial charge in [-0.3, -0.25) is 0 Å². The van der Waals surface area contributed by atoms with Gasteiger partial charge in [-0.2, -0.15) is 20.1 Å². The zero-order valence-corrected chi connectivity index (χ0v) is 21.5. The number of nitrogens with zero attached hydrogens (tertiary/aromatic N) is 6. The lowest BCUT2D eigenvalue weighted by Crippen LogP contribution is -2.38. The Morgan fingerprint density at radius 1 is 0.946 bits per heavy atom. The quantitative estimate of drug-likeness (QED) is 0.329. The molecular formula is C26H30ClN7O3. The Bertz CT molecular complexity index is 1210. The van der Waals surface area contributed by atoms with Crippen molar-refractivity contribution in [3.63, 3.8) is 0 Å². The summed E-state index contributed by atoms with van der Waals surface area (Å²) >= 11 is 5.98. The second-order valence-electron chi connectivity index (χ2n) is 8.75. The second kappa shape index (κ2) is 12.1. The first kappa shape index (κ1) is 25.0. The van der Waals surface area contributed by atoms with Crippen LogP contribution in [0, 0.1) is 0 Å². The van der Waals surface area contributed by atoms with Gasteiger partial charge >= 0.3 is 0 Å². The molecule has 37 heavy (non-hydrogen) atoms. The molecule has 2 aliphatic heterocycles. The molecule has 5 rings (SSSR count). The molecule has 2 aliphatic rings. The molecule has 0 radical (unpaired) electrons. The van der Waals surface area contributed by atoms with E-state index in [4.69, 9.17) is 30.8 Å². The Labute approximate surface area is 221 Å². The van der Waals surface area contributed by atoms with Crippen LogP contribution < -0.4 is 24.7 Å². The van der Waals surface area contributed by atoms with E-state index in [9.17, 15) is 0 Å². The molecule has 11 heteroatoms. The van der Waals surface area contributed by atoms with Crippen molar-refractivity contribution in [3.05, 3.63) is 58.6 Å². The van der Waals surface area contributed by atoms with E-state index < -0.39 is 0 Å². The van der Waals surface area contributed by atoms with Gasteiger partial charge in [0.15, 0.2) is 11.5 Å². The molecule has 0 spiro atoms. The van der Waals surface area contributed by atoms with Gasteiger partial charge in [0.25, 0.3) is 0 Å². The smallest absolute Gasteiger partial charge is 0.250 e. The number of morpholine rings is 1.